The van der Waals surface area contributed by atoms with Gasteiger partial charge in [-0.1, -0.05) is 35.9 Å². The molecular formula is C26H21ClN4O2S. The second kappa shape index (κ2) is 9.29. The summed E-state index contributed by atoms with van der Waals surface area (Å²) in [5.41, 5.74) is 4.41. The predicted octanol–water partition coefficient (Wildman–Crippen LogP) is 5.96. The van der Waals surface area contributed by atoms with E-state index in [9.17, 15) is 9.59 Å². The van der Waals surface area contributed by atoms with Crippen molar-refractivity contribution in [3.05, 3.63) is 94.3 Å². The minimum absolute atomic E-state index is 0.201. The van der Waals surface area contributed by atoms with Crippen molar-refractivity contribution < 1.29 is 9.59 Å². The van der Waals surface area contributed by atoms with Crippen molar-refractivity contribution >= 4 is 61.6 Å². The largest absolute Gasteiger partial charge is 0.361 e. The van der Waals surface area contributed by atoms with Crippen molar-refractivity contribution in [2.24, 2.45) is 0 Å². The number of H-pyrrole nitrogens is 1. The summed E-state index contributed by atoms with van der Waals surface area (Å²) < 4.78 is 5.26. The molecule has 0 bridgehead atoms. The molecule has 0 atom stereocenters. The van der Waals surface area contributed by atoms with Gasteiger partial charge in [-0.05, 0) is 72.4 Å². The third kappa shape index (κ3) is 4.40. The zero-order chi connectivity index (χ0) is 23.7. The second-order valence-corrected chi connectivity index (χ2v) is 9.26. The van der Waals surface area contributed by atoms with E-state index in [1.165, 1.54) is 11.5 Å². The van der Waals surface area contributed by atoms with E-state index < -0.39 is 0 Å². The van der Waals surface area contributed by atoms with E-state index in [0.29, 0.717) is 34.9 Å². The van der Waals surface area contributed by atoms with Gasteiger partial charge in [0.15, 0.2) is 0 Å². The molecule has 3 N–H and O–H groups in total. The summed E-state index contributed by atoms with van der Waals surface area (Å²) in [6.45, 7) is 2.36. The number of fused-ring (bicyclic) bond motifs is 2. The lowest BCUT2D eigenvalue weighted by atomic mass is 10.1. The first-order valence-corrected chi connectivity index (χ1v) is 11.9. The Morgan fingerprint density at radius 2 is 1.88 bits per heavy atom. The first-order valence-electron chi connectivity index (χ1n) is 10.8. The molecule has 0 spiro atoms. The van der Waals surface area contributed by atoms with Gasteiger partial charge in [0.05, 0.1) is 4.70 Å². The summed E-state index contributed by atoms with van der Waals surface area (Å²) in [5, 5.41) is 8.42. The molecule has 2 aromatic heterocycles. The maximum absolute atomic E-state index is 12.9. The molecule has 5 rings (SSSR count). The Bertz CT molecular complexity index is 1540. The van der Waals surface area contributed by atoms with Crippen LogP contribution in [-0.2, 0) is 6.42 Å². The van der Waals surface area contributed by atoms with Crippen LogP contribution in [0, 0.1) is 6.92 Å². The number of hydrogen-bond acceptors (Lipinski definition) is 4. The van der Waals surface area contributed by atoms with Gasteiger partial charge in [-0.2, -0.15) is 4.37 Å². The second-order valence-electron chi connectivity index (χ2n) is 8.02. The highest BCUT2D eigenvalue weighted by Crippen LogP contribution is 2.25. The summed E-state index contributed by atoms with van der Waals surface area (Å²) in [6, 6.07) is 18.6. The first-order chi connectivity index (χ1) is 16.5. The fraction of sp³-hybridized carbons (Fsp3) is 0.115. The lowest BCUT2D eigenvalue weighted by molar-refractivity contribution is 0.0952. The van der Waals surface area contributed by atoms with E-state index >= 15 is 0 Å². The molecule has 2 heterocycles. The van der Waals surface area contributed by atoms with E-state index in [1.54, 1.807) is 12.1 Å². The number of rotatable bonds is 6. The number of hydrogen-bond donors (Lipinski definition) is 3. The molecule has 170 valence electrons. The van der Waals surface area contributed by atoms with E-state index in [-0.39, 0.29) is 11.8 Å². The van der Waals surface area contributed by atoms with Gasteiger partial charge in [-0.15, -0.1) is 0 Å². The van der Waals surface area contributed by atoms with Gasteiger partial charge in [-0.3, -0.25) is 9.59 Å². The molecule has 0 radical (unpaired) electrons. The van der Waals surface area contributed by atoms with E-state index in [1.807, 2.05) is 61.7 Å². The number of nitrogens with zero attached hydrogens (tertiary/aromatic N) is 1. The van der Waals surface area contributed by atoms with Gasteiger partial charge in [0.25, 0.3) is 11.8 Å². The van der Waals surface area contributed by atoms with E-state index in [2.05, 4.69) is 20.0 Å². The highest BCUT2D eigenvalue weighted by molar-refractivity contribution is 7.13. The molecule has 5 aromatic rings. The van der Waals surface area contributed by atoms with Crippen molar-refractivity contribution in [2.45, 2.75) is 13.3 Å². The molecule has 0 saturated carbocycles. The molecule has 0 fully saturated rings. The van der Waals surface area contributed by atoms with Crippen LogP contribution in [0.1, 0.15) is 32.0 Å². The third-order valence-electron chi connectivity index (χ3n) is 5.75. The smallest absolute Gasteiger partial charge is 0.276 e. The molecule has 0 aliphatic carbocycles. The zero-order valence-corrected chi connectivity index (χ0v) is 19.9. The van der Waals surface area contributed by atoms with Gasteiger partial charge in [0.2, 0.25) is 0 Å². The molecular weight excluding hydrogens is 468 g/mol. The summed E-state index contributed by atoms with van der Waals surface area (Å²) >= 11 is 7.41. The number of aromatic amines is 1. The quantitative estimate of drug-likeness (QED) is 0.275. The van der Waals surface area contributed by atoms with Crippen molar-refractivity contribution in [3.63, 3.8) is 0 Å². The highest BCUT2D eigenvalue weighted by atomic mass is 35.5. The molecule has 2 amide bonds. The Balaban J connectivity index is 1.26. The Morgan fingerprint density at radius 3 is 2.76 bits per heavy atom. The number of halogens is 1. The average Bonchev–Trinajstić information content (AvgIpc) is 3.44. The van der Waals surface area contributed by atoms with Gasteiger partial charge in [0.1, 0.15) is 5.69 Å². The minimum Gasteiger partial charge on any atom is -0.361 e. The number of benzene rings is 3. The number of amides is 2. The van der Waals surface area contributed by atoms with Crippen LogP contribution in [0.2, 0.25) is 5.02 Å². The monoisotopic (exact) mass is 488 g/mol. The predicted molar refractivity (Wildman–Crippen MR) is 138 cm³/mol. The molecule has 3 aromatic carbocycles. The van der Waals surface area contributed by atoms with Gasteiger partial charge in [-0.25, -0.2) is 0 Å². The van der Waals surface area contributed by atoms with Crippen LogP contribution in [0.25, 0.3) is 21.0 Å². The number of aromatic nitrogens is 2. The van der Waals surface area contributed by atoms with Crippen LogP contribution in [0.4, 0.5) is 5.69 Å². The third-order valence-corrected chi connectivity index (χ3v) is 6.81. The lowest BCUT2D eigenvalue weighted by Gasteiger charge is -2.11. The molecule has 6 nitrogen and oxygen atoms in total. The molecule has 0 aliphatic heterocycles. The Labute approximate surface area is 205 Å². The molecule has 8 heteroatoms. The van der Waals surface area contributed by atoms with Crippen LogP contribution in [0.3, 0.4) is 0 Å². The molecule has 34 heavy (non-hydrogen) atoms. The van der Waals surface area contributed by atoms with Crippen molar-refractivity contribution in [1.82, 2.24) is 14.7 Å². The number of carbonyl (C=O) groups excluding carboxylic acids is 2. The van der Waals surface area contributed by atoms with Gasteiger partial charge in [0, 0.05) is 45.3 Å². The van der Waals surface area contributed by atoms with E-state index in [4.69, 9.17) is 11.6 Å². The van der Waals surface area contributed by atoms with Crippen molar-refractivity contribution in [1.29, 1.82) is 0 Å². The van der Waals surface area contributed by atoms with Crippen molar-refractivity contribution in [2.75, 3.05) is 11.9 Å². The fourth-order valence-corrected chi connectivity index (χ4v) is 4.84. The first kappa shape index (κ1) is 22.1. The lowest BCUT2D eigenvalue weighted by Crippen LogP contribution is -2.26. The van der Waals surface area contributed by atoms with Crippen LogP contribution in [-0.4, -0.2) is 27.7 Å². The topological polar surface area (TPSA) is 86.9 Å². The Kier molecular flexibility index (Phi) is 6.04. The van der Waals surface area contributed by atoms with Crippen LogP contribution < -0.4 is 10.6 Å². The fourth-order valence-electron chi connectivity index (χ4n) is 3.90. The number of nitrogens with one attached hydrogen (secondary N) is 3. The van der Waals surface area contributed by atoms with Gasteiger partial charge < -0.3 is 15.6 Å². The Morgan fingerprint density at radius 1 is 1.03 bits per heavy atom. The Hall–Kier alpha value is -3.68. The standard InChI is InChI=1S/C26H21ClN4O2S/c1-15-6-7-16(12-22(15)30-26(33)24-19-4-2-3-5-23(19)34-31-24)25(32)28-11-10-17-14-29-21-9-8-18(27)13-20(17)21/h2-9,12-14,29H,10-11H2,1H3,(H,28,32)(H,30,33). The number of carbonyl (C=O) groups is 2. The van der Waals surface area contributed by atoms with Gasteiger partial charge >= 0.3 is 0 Å². The number of aryl methyl sites for hydroxylation is 1. The highest BCUT2D eigenvalue weighted by Gasteiger charge is 2.16. The summed E-state index contributed by atoms with van der Waals surface area (Å²) in [6.07, 6.45) is 2.60. The average molecular weight is 489 g/mol. The zero-order valence-electron chi connectivity index (χ0n) is 18.3. The van der Waals surface area contributed by atoms with E-state index in [0.717, 1.165) is 32.1 Å². The summed E-state index contributed by atoms with van der Waals surface area (Å²) in [7, 11) is 0. The maximum atomic E-state index is 12.9. The van der Waals surface area contributed by atoms with Crippen LogP contribution in [0.15, 0.2) is 66.9 Å². The SMILES string of the molecule is Cc1ccc(C(=O)NCCc2c[nH]c3ccc(Cl)cc23)cc1NC(=O)c1nsc2ccccc12. The maximum Gasteiger partial charge on any atom is 0.276 e. The molecule has 0 saturated heterocycles. The molecule has 0 aliphatic rings. The van der Waals surface area contributed by atoms with Crippen LogP contribution >= 0.6 is 23.1 Å². The minimum atomic E-state index is -0.295. The number of anilines is 1. The van der Waals surface area contributed by atoms with Crippen molar-refractivity contribution in [3.8, 4) is 0 Å². The summed E-state index contributed by atoms with van der Waals surface area (Å²) in [5.74, 6) is -0.497. The van der Waals surface area contributed by atoms with Crippen LogP contribution in [0.5, 0.6) is 0 Å². The molecule has 0 unspecified atom stereocenters. The summed E-state index contributed by atoms with van der Waals surface area (Å²) in [4.78, 5) is 28.9. The normalized spacial score (nSPS) is 11.1.